The molecule has 0 spiro atoms. The van der Waals surface area contributed by atoms with Crippen molar-refractivity contribution in [3.63, 3.8) is 0 Å². The molecule has 2 aromatic rings. The maximum Gasteiger partial charge on any atom is 0.338 e. The first-order valence-corrected chi connectivity index (χ1v) is 4.59. The molecule has 16 heavy (non-hydrogen) atoms. The van der Waals surface area contributed by atoms with Gasteiger partial charge in [-0.2, -0.15) is 0 Å². The van der Waals surface area contributed by atoms with Crippen LogP contribution in [-0.2, 0) is 0 Å². The van der Waals surface area contributed by atoms with E-state index in [9.17, 15) is 14.3 Å². The molecule has 2 rings (SSSR count). The van der Waals surface area contributed by atoms with Crippen molar-refractivity contribution < 1.29 is 19.4 Å². The van der Waals surface area contributed by atoms with Crippen LogP contribution in [0.2, 0.25) is 0 Å². The molecule has 0 aliphatic heterocycles. The van der Waals surface area contributed by atoms with E-state index in [4.69, 9.17) is 5.11 Å². The minimum Gasteiger partial charge on any atom is -0.478 e. The van der Waals surface area contributed by atoms with Crippen LogP contribution < -0.4 is 0 Å². The monoisotopic (exact) mass is 224 g/mol. The second kappa shape index (κ2) is 3.57. The standard InChI is InChI=1S/C10H9FN2O3/c1-4(14)9-12-7-3-5(11)2-6(10(15)16)8(7)13-9/h2-4,14H,1H3,(H,12,13)(H,15,16). The molecular weight excluding hydrogens is 215 g/mol. The molecule has 1 atom stereocenters. The first-order valence-electron chi connectivity index (χ1n) is 4.59. The van der Waals surface area contributed by atoms with Crippen LogP contribution in [0.15, 0.2) is 12.1 Å². The number of aromatic amines is 1. The molecule has 0 aliphatic carbocycles. The maximum atomic E-state index is 13.1. The number of carboxylic acids is 1. The van der Waals surface area contributed by atoms with E-state index in [2.05, 4.69) is 9.97 Å². The molecule has 0 amide bonds. The van der Waals surface area contributed by atoms with Crippen LogP contribution in [0.5, 0.6) is 0 Å². The molecule has 0 radical (unpaired) electrons. The number of hydrogen-bond acceptors (Lipinski definition) is 3. The summed E-state index contributed by atoms with van der Waals surface area (Å²) < 4.78 is 13.1. The first-order chi connectivity index (χ1) is 7.49. The number of rotatable bonds is 2. The summed E-state index contributed by atoms with van der Waals surface area (Å²) in [4.78, 5) is 17.5. The van der Waals surface area contributed by atoms with Gasteiger partial charge in [0, 0.05) is 0 Å². The highest BCUT2D eigenvalue weighted by Crippen LogP contribution is 2.21. The Morgan fingerprint density at radius 3 is 2.81 bits per heavy atom. The van der Waals surface area contributed by atoms with Gasteiger partial charge in [0.2, 0.25) is 0 Å². The van der Waals surface area contributed by atoms with Crippen molar-refractivity contribution in [3.05, 3.63) is 29.3 Å². The SMILES string of the molecule is CC(O)c1nc2c(C(=O)O)cc(F)cc2[nH]1. The summed E-state index contributed by atoms with van der Waals surface area (Å²) in [6.45, 7) is 1.48. The number of nitrogens with zero attached hydrogens (tertiary/aromatic N) is 1. The minimum absolute atomic E-state index is 0.143. The Hall–Kier alpha value is -1.95. The molecule has 1 heterocycles. The Bertz CT molecular complexity index is 562. The highest BCUT2D eigenvalue weighted by molar-refractivity contribution is 6.00. The van der Waals surface area contributed by atoms with E-state index in [1.54, 1.807) is 0 Å². The van der Waals surface area contributed by atoms with Crippen LogP contribution in [0.25, 0.3) is 11.0 Å². The molecule has 1 aromatic heterocycles. The van der Waals surface area contributed by atoms with Crippen molar-refractivity contribution in [3.8, 4) is 0 Å². The lowest BCUT2D eigenvalue weighted by Crippen LogP contribution is -1.98. The van der Waals surface area contributed by atoms with E-state index in [-0.39, 0.29) is 22.4 Å². The molecule has 0 bridgehead atoms. The fraction of sp³-hybridized carbons (Fsp3) is 0.200. The van der Waals surface area contributed by atoms with E-state index < -0.39 is 17.9 Å². The highest BCUT2D eigenvalue weighted by Gasteiger charge is 2.16. The lowest BCUT2D eigenvalue weighted by atomic mass is 10.2. The van der Waals surface area contributed by atoms with E-state index in [0.29, 0.717) is 0 Å². The number of aliphatic hydroxyl groups excluding tert-OH is 1. The number of benzene rings is 1. The summed E-state index contributed by atoms with van der Waals surface area (Å²) in [6, 6.07) is 2.04. The van der Waals surface area contributed by atoms with Crippen LogP contribution in [0.3, 0.4) is 0 Å². The van der Waals surface area contributed by atoms with Gasteiger partial charge in [0.25, 0.3) is 0 Å². The molecule has 0 aliphatic rings. The largest absolute Gasteiger partial charge is 0.478 e. The highest BCUT2D eigenvalue weighted by atomic mass is 19.1. The molecule has 0 saturated heterocycles. The molecular formula is C10H9FN2O3. The number of fused-ring (bicyclic) bond motifs is 1. The van der Waals surface area contributed by atoms with Gasteiger partial charge in [-0.15, -0.1) is 0 Å². The predicted octanol–water partition coefficient (Wildman–Crippen LogP) is 1.45. The van der Waals surface area contributed by atoms with Gasteiger partial charge in [0.15, 0.2) is 0 Å². The number of H-pyrrole nitrogens is 1. The molecule has 5 nitrogen and oxygen atoms in total. The summed E-state index contributed by atoms with van der Waals surface area (Å²) in [6.07, 6.45) is -0.864. The van der Waals surface area contributed by atoms with Gasteiger partial charge in [0.1, 0.15) is 23.3 Å². The van der Waals surface area contributed by atoms with Gasteiger partial charge in [-0.05, 0) is 19.1 Å². The van der Waals surface area contributed by atoms with Crippen LogP contribution in [0.4, 0.5) is 4.39 Å². The third kappa shape index (κ3) is 1.63. The van der Waals surface area contributed by atoms with Crippen LogP contribution in [0.1, 0.15) is 29.2 Å². The summed E-state index contributed by atoms with van der Waals surface area (Å²) in [7, 11) is 0. The zero-order valence-corrected chi connectivity index (χ0v) is 8.36. The molecule has 6 heteroatoms. The fourth-order valence-corrected chi connectivity index (χ4v) is 1.46. The smallest absolute Gasteiger partial charge is 0.338 e. The molecule has 1 aromatic carbocycles. The Labute approximate surface area is 89.6 Å². The molecule has 3 N–H and O–H groups in total. The number of hydrogen-bond donors (Lipinski definition) is 3. The number of halogens is 1. The number of aromatic nitrogens is 2. The zero-order chi connectivity index (χ0) is 11.9. The van der Waals surface area contributed by atoms with Crippen molar-refractivity contribution in [1.29, 1.82) is 0 Å². The second-order valence-electron chi connectivity index (χ2n) is 3.45. The number of aromatic carboxylic acids is 1. The van der Waals surface area contributed by atoms with Gasteiger partial charge < -0.3 is 15.2 Å². The molecule has 84 valence electrons. The summed E-state index contributed by atoms with van der Waals surface area (Å²) >= 11 is 0. The average Bonchev–Trinajstić information content (AvgIpc) is 2.59. The van der Waals surface area contributed by atoms with Crippen molar-refractivity contribution in [1.82, 2.24) is 9.97 Å². The molecule has 1 unspecified atom stereocenters. The van der Waals surface area contributed by atoms with E-state index >= 15 is 0 Å². The summed E-state index contributed by atoms with van der Waals surface area (Å²) in [5.74, 6) is -1.71. The Balaban J connectivity index is 2.75. The van der Waals surface area contributed by atoms with Gasteiger partial charge in [-0.3, -0.25) is 0 Å². The van der Waals surface area contributed by atoms with Crippen molar-refractivity contribution >= 4 is 17.0 Å². The predicted molar refractivity (Wildman–Crippen MR) is 53.6 cm³/mol. The quantitative estimate of drug-likeness (QED) is 0.720. The minimum atomic E-state index is -1.26. The van der Waals surface area contributed by atoms with Gasteiger partial charge in [-0.1, -0.05) is 0 Å². The molecule has 0 fully saturated rings. The average molecular weight is 224 g/mol. The normalized spacial score (nSPS) is 12.9. The van der Waals surface area contributed by atoms with Gasteiger partial charge in [0.05, 0.1) is 11.1 Å². The van der Waals surface area contributed by atoms with Crippen LogP contribution in [0, 0.1) is 5.82 Å². The third-order valence-corrected chi connectivity index (χ3v) is 2.20. The van der Waals surface area contributed by atoms with Gasteiger partial charge in [-0.25, -0.2) is 14.2 Å². The third-order valence-electron chi connectivity index (χ3n) is 2.20. The van der Waals surface area contributed by atoms with E-state index in [1.807, 2.05) is 0 Å². The first kappa shape index (κ1) is 10.6. The Morgan fingerprint density at radius 1 is 1.56 bits per heavy atom. The number of imidazole rings is 1. The fourth-order valence-electron chi connectivity index (χ4n) is 1.46. The van der Waals surface area contributed by atoms with Crippen molar-refractivity contribution in [2.45, 2.75) is 13.0 Å². The lowest BCUT2D eigenvalue weighted by Gasteiger charge is -1.96. The summed E-state index contributed by atoms with van der Waals surface area (Å²) in [5.41, 5.74) is 0.177. The zero-order valence-electron chi connectivity index (χ0n) is 8.36. The van der Waals surface area contributed by atoms with Crippen molar-refractivity contribution in [2.24, 2.45) is 0 Å². The van der Waals surface area contributed by atoms with Crippen molar-refractivity contribution in [2.75, 3.05) is 0 Å². The molecule has 0 saturated carbocycles. The number of nitrogens with one attached hydrogen (secondary N) is 1. The van der Waals surface area contributed by atoms with E-state index in [0.717, 1.165) is 12.1 Å². The lowest BCUT2D eigenvalue weighted by molar-refractivity contribution is 0.0698. The van der Waals surface area contributed by atoms with Crippen LogP contribution in [-0.4, -0.2) is 26.2 Å². The summed E-state index contributed by atoms with van der Waals surface area (Å²) in [5, 5.41) is 18.2. The van der Waals surface area contributed by atoms with E-state index in [1.165, 1.54) is 6.92 Å². The topological polar surface area (TPSA) is 86.2 Å². The van der Waals surface area contributed by atoms with Crippen LogP contribution >= 0.6 is 0 Å². The number of carboxylic acid groups (broad SMARTS) is 1. The second-order valence-corrected chi connectivity index (χ2v) is 3.45. The Kier molecular flexibility index (Phi) is 2.35. The Morgan fingerprint density at radius 2 is 2.25 bits per heavy atom. The number of carbonyl (C=O) groups is 1. The maximum absolute atomic E-state index is 13.1. The number of aliphatic hydroxyl groups is 1. The van der Waals surface area contributed by atoms with Gasteiger partial charge >= 0.3 is 5.97 Å².